The Morgan fingerprint density at radius 1 is 0.842 bits per heavy atom. The Bertz CT molecular complexity index is 1330. The molecule has 198 valence electrons. The second-order valence-electron chi connectivity index (χ2n) is 10.0. The van der Waals surface area contributed by atoms with Gasteiger partial charge in [-0.25, -0.2) is 0 Å². The average molecular weight is 522 g/mol. The lowest BCUT2D eigenvalue weighted by Gasteiger charge is -2.32. The zero-order chi connectivity index (χ0) is 26.7. The third-order valence-corrected chi connectivity index (χ3v) is 7.36. The molecule has 0 saturated heterocycles. The number of fused-ring (bicyclic) bond motifs is 1. The number of hydrogen-bond donors (Lipinski definition) is 2. The molecule has 0 aromatic heterocycles. The van der Waals surface area contributed by atoms with Crippen molar-refractivity contribution in [1.29, 1.82) is 0 Å². The molecule has 3 aromatic rings. The SMILES string of the molecule is O=C(Nc1ccc(N2CCc3ccccc3C2)c(C(=O)NC2CCCCC2)c1)c1cccc(C(F)(F)F)c1. The molecule has 38 heavy (non-hydrogen) atoms. The summed E-state index contributed by atoms with van der Waals surface area (Å²) in [7, 11) is 0. The van der Waals surface area contributed by atoms with Gasteiger partial charge >= 0.3 is 6.18 Å². The van der Waals surface area contributed by atoms with Gasteiger partial charge in [0.15, 0.2) is 0 Å². The molecule has 0 atom stereocenters. The second-order valence-corrected chi connectivity index (χ2v) is 10.0. The molecular weight excluding hydrogens is 491 g/mol. The minimum Gasteiger partial charge on any atom is -0.366 e. The predicted molar refractivity (Wildman–Crippen MR) is 141 cm³/mol. The van der Waals surface area contributed by atoms with Crippen molar-refractivity contribution in [1.82, 2.24) is 5.32 Å². The van der Waals surface area contributed by atoms with E-state index >= 15 is 0 Å². The van der Waals surface area contributed by atoms with E-state index in [1.54, 1.807) is 12.1 Å². The van der Waals surface area contributed by atoms with E-state index in [9.17, 15) is 22.8 Å². The Morgan fingerprint density at radius 2 is 1.61 bits per heavy atom. The first kappa shape index (κ1) is 25.8. The molecule has 5 rings (SSSR count). The van der Waals surface area contributed by atoms with Crippen molar-refractivity contribution in [2.45, 2.75) is 57.3 Å². The van der Waals surface area contributed by atoms with Crippen molar-refractivity contribution in [3.05, 3.63) is 94.5 Å². The molecule has 2 aliphatic rings. The minimum atomic E-state index is -4.55. The van der Waals surface area contributed by atoms with Crippen molar-refractivity contribution in [2.75, 3.05) is 16.8 Å². The number of alkyl halides is 3. The number of anilines is 2. The molecule has 2 N–H and O–H groups in total. The molecule has 0 bridgehead atoms. The van der Waals surface area contributed by atoms with Gasteiger partial charge in [-0.15, -0.1) is 0 Å². The van der Waals surface area contributed by atoms with Gasteiger partial charge in [0, 0.05) is 36.1 Å². The molecule has 1 fully saturated rings. The molecule has 5 nitrogen and oxygen atoms in total. The molecule has 8 heteroatoms. The molecule has 0 radical (unpaired) electrons. The Hall–Kier alpha value is -3.81. The van der Waals surface area contributed by atoms with Crippen LogP contribution >= 0.6 is 0 Å². The normalized spacial score (nSPS) is 16.0. The summed E-state index contributed by atoms with van der Waals surface area (Å²) in [5.41, 5.74) is 3.06. The first-order valence-corrected chi connectivity index (χ1v) is 13.0. The monoisotopic (exact) mass is 521 g/mol. The topological polar surface area (TPSA) is 61.4 Å². The lowest BCUT2D eigenvalue weighted by Crippen LogP contribution is -2.38. The molecular formula is C30H30F3N3O2. The molecule has 1 heterocycles. The summed E-state index contributed by atoms with van der Waals surface area (Å²) in [4.78, 5) is 28.5. The number of benzene rings is 3. The standard InChI is InChI=1S/C30H30F3N3O2/c31-30(32,33)23-10-6-9-21(17-23)28(37)35-25-13-14-27(36-16-15-20-7-4-5-8-22(20)19-36)26(18-25)29(38)34-24-11-2-1-3-12-24/h4-10,13-14,17-18,24H,1-3,11-12,15-16,19H2,(H,34,38)(H,35,37). The number of rotatable bonds is 5. The van der Waals surface area contributed by atoms with E-state index in [1.807, 2.05) is 18.2 Å². The number of carbonyl (C=O) groups excluding carboxylic acids is 2. The van der Waals surface area contributed by atoms with E-state index in [1.165, 1.54) is 29.7 Å². The maximum atomic E-state index is 13.5. The van der Waals surface area contributed by atoms with E-state index in [-0.39, 0.29) is 17.5 Å². The van der Waals surface area contributed by atoms with Gasteiger partial charge < -0.3 is 15.5 Å². The highest BCUT2D eigenvalue weighted by molar-refractivity contribution is 6.06. The van der Waals surface area contributed by atoms with Gasteiger partial charge in [-0.2, -0.15) is 13.2 Å². The highest BCUT2D eigenvalue weighted by atomic mass is 19.4. The van der Waals surface area contributed by atoms with Crippen LogP contribution in [-0.4, -0.2) is 24.4 Å². The van der Waals surface area contributed by atoms with Crippen LogP contribution in [0.15, 0.2) is 66.7 Å². The number of halogens is 3. The van der Waals surface area contributed by atoms with Crippen LogP contribution in [0.1, 0.15) is 69.5 Å². The van der Waals surface area contributed by atoms with Crippen LogP contribution < -0.4 is 15.5 Å². The summed E-state index contributed by atoms with van der Waals surface area (Å²) in [6.45, 7) is 1.41. The van der Waals surface area contributed by atoms with E-state index < -0.39 is 17.6 Å². The van der Waals surface area contributed by atoms with Crippen LogP contribution in [0.5, 0.6) is 0 Å². The fourth-order valence-electron chi connectivity index (χ4n) is 5.32. The molecule has 1 saturated carbocycles. The molecule has 2 amide bonds. The smallest absolute Gasteiger partial charge is 0.366 e. The minimum absolute atomic E-state index is 0.106. The van der Waals surface area contributed by atoms with Gasteiger partial charge in [0.05, 0.1) is 11.1 Å². The van der Waals surface area contributed by atoms with Crippen LogP contribution in [0.2, 0.25) is 0 Å². The summed E-state index contributed by atoms with van der Waals surface area (Å²) >= 11 is 0. The maximum absolute atomic E-state index is 13.5. The van der Waals surface area contributed by atoms with Gasteiger partial charge in [0.1, 0.15) is 0 Å². The number of hydrogen-bond acceptors (Lipinski definition) is 3. The van der Waals surface area contributed by atoms with Crippen LogP contribution in [-0.2, 0) is 19.1 Å². The van der Waals surface area contributed by atoms with Crippen LogP contribution in [0.3, 0.4) is 0 Å². The average Bonchev–Trinajstić information content (AvgIpc) is 2.93. The first-order chi connectivity index (χ1) is 18.3. The van der Waals surface area contributed by atoms with Crippen molar-refractivity contribution < 1.29 is 22.8 Å². The third-order valence-electron chi connectivity index (χ3n) is 7.36. The van der Waals surface area contributed by atoms with Gasteiger partial charge in [-0.05, 0) is 66.8 Å². The highest BCUT2D eigenvalue weighted by Gasteiger charge is 2.31. The third kappa shape index (κ3) is 5.85. The summed E-state index contributed by atoms with van der Waals surface area (Å²) in [6.07, 6.45) is 1.50. The highest BCUT2D eigenvalue weighted by Crippen LogP contribution is 2.32. The lowest BCUT2D eigenvalue weighted by atomic mass is 9.95. The van der Waals surface area contributed by atoms with Crippen molar-refractivity contribution >= 4 is 23.2 Å². The summed E-state index contributed by atoms with van der Waals surface area (Å²) in [5, 5.41) is 5.84. The fourth-order valence-corrected chi connectivity index (χ4v) is 5.32. The van der Waals surface area contributed by atoms with E-state index in [4.69, 9.17) is 0 Å². The van der Waals surface area contributed by atoms with Gasteiger partial charge in [-0.1, -0.05) is 49.6 Å². The number of nitrogens with one attached hydrogen (secondary N) is 2. The van der Waals surface area contributed by atoms with E-state index in [2.05, 4.69) is 27.7 Å². The predicted octanol–water partition coefficient (Wildman–Crippen LogP) is 6.58. The Kier molecular flexibility index (Phi) is 7.40. The molecule has 3 aromatic carbocycles. The Labute approximate surface area is 220 Å². The van der Waals surface area contributed by atoms with E-state index in [0.29, 0.717) is 17.8 Å². The zero-order valence-electron chi connectivity index (χ0n) is 21.0. The van der Waals surface area contributed by atoms with Gasteiger partial charge in [-0.3, -0.25) is 9.59 Å². The Morgan fingerprint density at radius 3 is 2.37 bits per heavy atom. The molecule has 1 aliphatic heterocycles. The lowest BCUT2D eigenvalue weighted by molar-refractivity contribution is -0.137. The fraction of sp³-hybridized carbons (Fsp3) is 0.333. The van der Waals surface area contributed by atoms with Crippen LogP contribution in [0, 0.1) is 0 Å². The summed E-state index contributed by atoms with van der Waals surface area (Å²) < 4.78 is 39.4. The largest absolute Gasteiger partial charge is 0.416 e. The first-order valence-electron chi connectivity index (χ1n) is 13.0. The van der Waals surface area contributed by atoms with E-state index in [0.717, 1.165) is 56.5 Å². The number of amides is 2. The van der Waals surface area contributed by atoms with Gasteiger partial charge in [0.25, 0.3) is 11.8 Å². The van der Waals surface area contributed by atoms with Crippen LogP contribution in [0.4, 0.5) is 24.5 Å². The quantitative estimate of drug-likeness (QED) is 0.399. The van der Waals surface area contributed by atoms with Crippen molar-refractivity contribution in [3.63, 3.8) is 0 Å². The summed E-state index contributed by atoms with van der Waals surface area (Å²) in [5.74, 6) is -0.879. The van der Waals surface area contributed by atoms with Crippen LogP contribution in [0.25, 0.3) is 0 Å². The van der Waals surface area contributed by atoms with Crippen molar-refractivity contribution in [3.8, 4) is 0 Å². The van der Waals surface area contributed by atoms with Crippen molar-refractivity contribution in [2.24, 2.45) is 0 Å². The summed E-state index contributed by atoms with van der Waals surface area (Å²) in [6, 6.07) is 17.8. The Balaban J connectivity index is 1.42. The molecule has 0 unspecified atom stereocenters. The second kappa shape index (κ2) is 10.9. The number of nitrogens with zero attached hydrogens (tertiary/aromatic N) is 1. The zero-order valence-corrected chi connectivity index (χ0v) is 21.0. The number of carbonyl (C=O) groups is 2. The van der Waals surface area contributed by atoms with Gasteiger partial charge in [0.2, 0.25) is 0 Å². The molecule has 0 spiro atoms. The molecule has 1 aliphatic carbocycles. The maximum Gasteiger partial charge on any atom is 0.416 e.